The smallest absolute Gasteiger partial charge is 0.230 e. The third-order valence-corrected chi connectivity index (χ3v) is 3.81. The molecule has 0 unspecified atom stereocenters. The van der Waals surface area contributed by atoms with E-state index in [4.69, 9.17) is 12.2 Å². The van der Waals surface area contributed by atoms with Gasteiger partial charge in [-0.25, -0.2) is 4.98 Å². The predicted octanol–water partition coefficient (Wildman–Crippen LogP) is 2.65. The minimum absolute atomic E-state index is 0.0968. The molecule has 23 heavy (non-hydrogen) atoms. The summed E-state index contributed by atoms with van der Waals surface area (Å²) in [6.45, 7) is 4.19. The zero-order chi connectivity index (χ0) is 16.7. The first-order chi connectivity index (χ1) is 11.1. The summed E-state index contributed by atoms with van der Waals surface area (Å²) < 4.78 is 0. The fourth-order valence-corrected chi connectivity index (χ4v) is 2.83. The van der Waals surface area contributed by atoms with Gasteiger partial charge < -0.3 is 5.32 Å². The SMILES string of the molecule is CCNC(=S)N/N=C\c1csc(N(C(C)=O)c2ccccc2)n1. The monoisotopic (exact) mass is 347 g/mol. The summed E-state index contributed by atoms with van der Waals surface area (Å²) in [5.74, 6) is -0.0968. The number of thiazole rings is 1. The highest BCUT2D eigenvalue weighted by Crippen LogP contribution is 2.28. The number of nitrogens with zero attached hydrogens (tertiary/aromatic N) is 3. The van der Waals surface area contributed by atoms with Gasteiger partial charge in [-0.15, -0.1) is 11.3 Å². The highest BCUT2D eigenvalue weighted by atomic mass is 32.1. The summed E-state index contributed by atoms with van der Waals surface area (Å²) in [6.07, 6.45) is 1.56. The molecule has 1 heterocycles. The summed E-state index contributed by atoms with van der Waals surface area (Å²) in [4.78, 5) is 17.9. The Bertz CT molecular complexity index is 699. The second-order valence-corrected chi connectivity index (χ2v) is 5.72. The van der Waals surface area contributed by atoms with Gasteiger partial charge in [0.25, 0.3) is 0 Å². The van der Waals surface area contributed by atoms with Crippen molar-refractivity contribution in [2.75, 3.05) is 11.4 Å². The maximum atomic E-state index is 12.0. The third-order valence-electron chi connectivity index (χ3n) is 2.73. The highest BCUT2D eigenvalue weighted by Gasteiger charge is 2.17. The van der Waals surface area contributed by atoms with Crippen LogP contribution in [-0.2, 0) is 4.79 Å². The van der Waals surface area contributed by atoms with E-state index in [1.54, 1.807) is 11.1 Å². The Hall–Kier alpha value is -2.32. The lowest BCUT2D eigenvalue weighted by Gasteiger charge is -2.17. The first-order valence-electron chi connectivity index (χ1n) is 7.00. The molecule has 0 radical (unpaired) electrons. The molecule has 0 spiro atoms. The molecule has 1 amide bonds. The summed E-state index contributed by atoms with van der Waals surface area (Å²) in [5, 5.41) is 9.82. The molecule has 0 fully saturated rings. The fraction of sp³-hybridized carbons (Fsp3) is 0.200. The maximum absolute atomic E-state index is 12.0. The van der Waals surface area contributed by atoms with Crippen molar-refractivity contribution in [1.82, 2.24) is 15.7 Å². The Labute approximate surface area is 144 Å². The van der Waals surface area contributed by atoms with Crippen molar-refractivity contribution in [3.05, 3.63) is 41.4 Å². The van der Waals surface area contributed by atoms with E-state index in [2.05, 4.69) is 20.8 Å². The third kappa shape index (κ3) is 4.83. The fourth-order valence-electron chi connectivity index (χ4n) is 1.80. The topological polar surface area (TPSA) is 69.6 Å². The van der Waals surface area contributed by atoms with Crippen LogP contribution in [0.3, 0.4) is 0 Å². The molecule has 6 nitrogen and oxygen atoms in total. The van der Waals surface area contributed by atoms with E-state index in [9.17, 15) is 4.79 Å². The maximum Gasteiger partial charge on any atom is 0.230 e. The Morgan fingerprint density at radius 2 is 2.17 bits per heavy atom. The number of carbonyl (C=O) groups is 1. The number of aromatic nitrogens is 1. The van der Waals surface area contributed by atoms with Crippen LogP contribution in [0.25, 0.3) is 0 Å². The van der Waals surface area contributed by atoms with Crippen molar-refractivity contribution >= 4 is 51.6 Å². The molecule has 8 heteroatoms. The zero-order valence-corrected chi connectivity index (χ0v) is 14.4. The second-order valence-electron chi connectivity index (χ2n) is 4.47. The molecular weight excluding hydrogens is 330 g/mol. The van der Waals surface area contributed by atoms with Crippen LogP contribution in [0.15, 0.2) is 40.8 Å². The number of carbonyl (C=O) groups excluding carboxylic acids is 1. The summed E-state index contributed by atoms with van der Waals surface area (Å²) >= 11 is 6.38. The van der Waals surface area contributed by atoms with Crippen LogP contribution >= 0.6 is 23.6 Å². The molecule has 0 aliphatic heterocycles. The van der Waals surface area contributed by atoms with Gasteiger partial charge in [0.2, 0.25) is 5.91 Å². The molecule has 0 aliphatic carbocycles. The lowest BCUT2D eigenvalue weighted by molar-refractivity contribution is -0.115. The average Bonchev–Trinajstić information content (AvgIpc) is 2.97. The van der Waals surface area contributed by atoms with E-state index in [0.29, 0.717) is 15.9 Å². The number of anilines is 2. The molecule has 1 aromatic heterocycles. The quantitative estimate of drug-likeness (QED) is 0.494. The molecule has 2 rings (SSSR count). The van der Waals surface area contributed by atoms with E-state index in [1.165, 1.54) is 18.3 Å². The number of hydrogen-bond acceptors (Lipinski definition) is 5. The van der Waals surface area contributed by atoms with E-state index < -0.39 is 0 Å². The van der Waals surface area contributed by atoms with Crippen LogP contribution in [0.5, 0.6) is 0 Å². The molecule has 1 aromatic carbocycles. The number of para-hydroxylation sites is 1. The number of nitrogens with one attached hydrogen (secondary N) is 2. The Morgan fingerprint density at radius 3 is 2.83 bits per heavy atom. The van der Waals surface area contributed by atoms with Gasteiger partial charge in [-0.3, -0.25) is 15.1 Å². The first-order valence-corrected chi connectivity index (χ1v) is 8.28. The standard InChI is InChI=1S/C15H17N5OS2/c1-3-16-14(22)19-17-9-12-10-23-15(18-12)20(11(2)21)13-7-5-4-6-8-13/h4-10H,3H2,1-2H3,(H2,16,19,22)/b17-9-. The molecule has 2 aromatic rings. The number of rotatable bonds is 5. The zero-order valence-electron chi connectivity index (χ0n) is 12.8. The molecule has 120 valence electrons. The Balaban J connectivity index is 2.12. The highest BCUT2D eigenvalue weighted by molar-refractivity contribution is 7.80. The minimum atomic E-state index is -0.0968. The van der Waals surface area contributed by atoms with Crippen molar-refractivity contribution in [3.8, 4) is 0 Å². The van der Waals surface area contributed by atoms with Crippen molar-refractivity contribution in [3.63, 3.8) is 0 Å². The number of hydrogen-bond donors (Lipinski definition) is 2. The molecule has 0 aliphatic rings. The van der Waals surface area contributed by atoms with Gasteiger partial charge in [0.05, 0.1) is 17.6 Å². The normalized spacial score (nSPS) is 10.5. The Morgan fingerprint density at radius 1 is 1.43 bits per heavy atom. The van der Waals surface area contributed by atoms with Gasteiger partial charge in [-0.1, -0.05) is 18.2 Å². The summed E-state index contributed by atoms with van der Waals surface area (Å²) in [5.41, 5.74) is 4.13. The van der Waals surface area contributed by atoms with Crippen LogP contribution in [0.1, 0.15) is 19.5 Å². The van der Waals surface area contributed by atoms with Gasteiger partial charge >= 0.3 is 0 Å². The summed E-state index contributed by atoms with van der Waals surface area (Å²) in [6, 6.07) is 9.40. The Kier molecular flexibility index (Phi) is 6.19. The van der Waals surface area contributed by atoms with Crippen molar-refractivity contribution in [2.24, 2.45) is 5.10 Å². The average molecular weight is 347 g/mol. The molecule has 0 bridgehead atoms. The lowest BCUT2D eigenvalue weighted by atomic mass is 10.3. The van der Waals surface area contributed by atoms with Crippen molar-refractivity contribution in [2.45, 2.75) is 13.8 Å². The van der Waals surface area contributed by atoms with Gasteiger partial charge in [-0.2, -0.15) is 5.10 Å². The predicted molar refractivity (Wildman–Crippen MR) is 98.4 cm³/mol. The van der Waals surface area contributed by atoms with Crippen LogP contribution in [0.4, 0.5) is 10.8 Å². The molecule has 2 N–H and O–H groups in total. The van der Waals surface area contributed by atoms with Crippen LogP contribution in [0, 0.1) is 0 Å². The van der Waals surface area contributed by atoms with Crippen LogP contribution in [0.2, 0.25) is 0 Å². The number of benzene rings is 1. The van der Waals surface area contributed by atoms with Crippen molar-refractivity contribution in [1.29, 1.82) is 0 Å². The van der Waals surface area contributed by atoms with Gasteiger partial charge in [0.15, 0.2) is 10.2 Å². The van der Waals surface area contributed by atoms with E-state index in [1.807, 2.05) is 42.6 Å². The largest absolute Gasteiger partial charge is 0.362 e. The van der Waals surface area contributed by atoms with Crippen molar-refractivity contribution < 1.29 is 4.79 Å². The molecule has 0 saturated heterocycles. The number of amides is 1. The van der Waals surface area contributed by atoms with Crippen LogP contribution < -0.4 is 15.6 Å². The number of hydrazone groups is 1. The van der Waals surface area contributed by atoms with Gasteiger partial charge in [0.1, 0.15) is 0 Å². The summed E-state index contributed by atoms with van der Waals surface area (Å²) in [7, 11) is 0. The molecular formula is C15H17N5OS2. The lowest BCUT2D eigenvalue weighted by Crippen LogP contribution is -2.31. The van der Waals surface area contributed by atoms with E-state index in [0.717, 1.165) is 12.2 Å². The first kappa shape index (κ1) is 17.0. The molecule has 0 atom stereocenters. The minimum Gasteiger partial charge on any atom is -0.362 e. The van der Waals surface area contributed by atoms with Gasteiger partial charge in [-0.05, 0) is 31.3 Å². The van der Waals surface area contributed by atoms with E-state index in [-0.39, 0.29) is 5.91 Å². The number of thiocarbonyl (C=S) groups is 1. The van der Waals surface area contributed by atoms with Crippen LogP contribution in [-0.4, -0.2) is 28.8 Å². The van der Waals surface area contributed by atoms with E-state index >= 15 is 0 Å². The van der Waals surface area contributed by atoms with Gasteiger partial charge in [0, 0.05) is 18.8 Å². The second kappa shape index (κ2) is 8.35. The molecule has 0 saturated carbocycles.